The maximum absolute atomic E-state index is 11.7. The summed E-state index contributed by atoms with van der Waals surface area (Å²) < 4.78 is 0. The van der Waals surface area contributed by atoms with Gasteiger partial charge >= 0.3 is 5.97 Å². The first-order valence-electron chi connectivity index (χ1n) is 6.00. The van der Waals surface area contributed by atoms with Crippen molar-refractivity contribution in [3.63, 3.8) is 0 Å². The van der Waals surface area contributed by atoms with Crippen LogP contribution in [-0.4, -0.2) is 22.3 Å². The molecule has 0 saturated heterocycles. The molecule has 0 aliphatic heterocycles. The van der Waals surface area contributed by atoms with Crippen LogP contribution in [0, 0.1) is 5.92 Å². The molecule has 92 valence electrons. The molecule has 2 N–H and O–H groups in total. The van der Waals surface area contributed by atoms with E-state index in [9.17, 15) is 15.0 Å². The molecule has 0 spiro atoms. The molecule has 0 fully saturated rings. The number of carboxylic acid groups (broad SMARTS) is 1. The van der Waals surface area contributed by atoms with Crippen LogP contribution in [0.15, 0.2) is 24.3 Å². The number of carbonyl (C=O) groups is 1. The molecule has 3 unspecified atom stereocenters. The number of aryl methyl sites for hydroxylation is 1. The topological polar surface area (TPSA) is 57.5 Å². The molecule has 0 amide bonds. The monoisotopic (exact) mass is 234 g/mol. The van der Waals surface area contributed by atoms with E-state index in [0.29, 0.717) is 6.42 Å². The maximum atomic E-state index is 11.7. The van der Waals surface area contributed by atoms with Gasteiger partial charge in [-0.25, -0.2) is 0 Å². The van der Waals surface area contributed by atoms with Gasteiger partial charge in [-0.15, -0.1) is 0 Å². The van der Waals surface area contributed by atoms with E-state index in [1.165, 1.54) is 0 Å². The molecule has 0 bridgehead atoms. The van der Waals surface area contributed by atoms with Crippen molar-refractivity contribution < 1.29 is 15.0 Å². The number of aliphatic hydroxyl groups is 1. The highest BCUT2D eigenvalue weighted by Crippen LogP contribution is 2.45. The molecule has 3 heteroatoms. The summed E-state index contributed by atoms with van der Waals surface area (Å²) in [6.45, 7) is 3.48. The average Bonchev–Trinajstić information content (AvgIpc) is 2.68. The van der Waals surface area contributed by atoms with Crippen molar-refractivity contribution in [1.29, 1.82) is 0 Å². The van der Waals surface area contributed by atoms with Gasteiger partial charge in [-0.2, -0.15) is 0 Å². The van der Waals surface area contributed by atoms with Crippen LogP contribution in [0.5, 0.6) is 0 Å². The minimum absolute atomic E-state index is 0.288. The van der Waals surface area contributed by atoms with Gasteiger partial charge in [0, 0.05) is 5.92 Å². The van der Waals surface area contributed by atoms with E-state index in [4.69, 9.17) is 0 Å². The number of aliphatic hydroxyl groups excluding tert-OH is 1. The van der Waals surface area contributed by atoms with Gasteiger partial charge in [-0.05, 0) is 30.9 Å². The van der Waals surface area contributed by atoms with E-state index in [0.717, 1.165) is 17.5 Å². The highest BCUT2D eigenvalue weighted by Gasteiger charge is 2.50. The van der Waals surface area contributed by atoms with Crippen molar-refractivity contribution in [3.05, 3.63) is 35.4 Å². The van der Waals surface area contributed by atoms with Crippen molar-refractivity contribution in [2.75, 3.05) is 0 Å². The van der Waals surface area contributed by atoms with Crippen LogP contribution in [0.4, 0.5) is 0 Å². The number of aliphatic carboxylic acids is 1. The summed E-state index contributed by atoms with van der Waals surface area (Å²) in [4.78, 5) is 11.7. The fraction of sp³-hybridized carbons (Fsp3) is 0.500. The van der Waals surface area contributed by atoms with Crippen molar-refractivity contribution >= 4 is 5.97 Å². The molecule has 1 aliphatic carbocycles. The second-order valence-corrected chi connectivity index (χ2v) is 4.96. The summed E-state index contributed by atoms with van der Waals surface area (Å²) in [5.74, 6) is -1.11. The zero-order chi connectivity index (χ0) is 12.6. The molecule has 17 heavy (non-hydrogen) atoms. The van der Waals surface area contributed by atoms with Crippen molar-refractivity contribution in [2.45, 2.75) is 38.2 Å². The molecule has 1 aromatic carbocycles. The number of benzene rings is 1. The maximum Gasteiger partial charge on any atom is 0.314 e. The molecule has 0 radical (unpaired) electrons. The second kappa shape index (κ2) is 4.15. The largest absolute Gasteiger partial charge is 0.481 e. The lowest BCUT2D eigenvalue weighted by Crippen LogP contribution is -2.44. The van der Waals surface area contributed by atoms with Gasteiger partial charge in [0.2, 0.25) is 0 Å². The molecule has 1 aromatic rings. The summed E-state index contributed by atoms with van der Waals surface area (Å²) in [7, 11) is 0. The average molecular weight is 234 g/mol. The van der Waals surface area contributed by atoms with E-state index >= 15 is 0 Å². The first-order chi connectivity index (χ1) is 8.00. The van der Waals surface area contributed by atoms with Crippen LogP contribution in [0.3, 0.4) is 0 Å². The third-order valence-electron chi connectivity index (χ3n) is 4.17. The van der Waals surface area contributed by atoms with E-state index in [1.807, 2.05) is 31.2 Å². The molecule has 3 atom stereocenters. The molecule has 0 aromatic heterocycles. The fourth-order valence-corrected chi connectivity index (χ4v) is 2.94. The summed E-state index contributed by atoms with van der Waals surface area (Å²) in [5, 5.41) is 19.4. The summed E-state index contributed by atoms with van der Waals surface area (Å²) >= 11 is 0. The Morgan fingerprint density at radius 2 is 2.00 bits per heavy atom. The standard InChI is InChI=1S/C14H18O3/c1-9(10(2)15)14(13(16)17)8-7-11-5-3-4-6-12(11)14/h3-6,9-10,15H,7-8H2,1-2H3,(H,16,17). The predicted molar refractivity (Wildman–Crippen MR) is 64.9 cm³/mol. The Hall–Kier alpha value is -1.35. The molecule has 1 aliphatic rings. The highest BCUT2D eigenvalue weighted by molar-refractivity contribution is 5.83. The Balaban J connectivity index is 2.56. The normalized spacial score (nSPS) is 26.3. The molecule has 0 heterocycles. The molecule has 3 nitrogen and oxygen atoms in total. The third kappa shape index (κ3) is 1.65. The minimum atomic E-state index is -0.926. The van der Waals surface area contributed by atoms with E-state index in [1.54, 1.807) is 6.92 Å². The summed E-state index contributed by atoms with van der Waals surface area (Å²) in [6, 6.07) is 7.67. The van der Waals surface area contributed by atoms with Gasteiger partial charge < -0.3 is 10.2 Å². The van der Waals surface area contributed by atoms with E-state index in [-0.39, 0.29) is 5.92 Å². The molecule has 2 rings (SSSR count). The highest BCUT2D eigenvalue weighted by atomic mass is 16.4. The second-order valence-electron chi connectivity index (χ2n) is 4.96. The van der Waals surface area contributed by atoms with Gasteiger partial charge in [-0.1, -0.05) is 31.2 Å². The number of carboxylic acids is 1. The van der Waals surface area contributed by atoms with E-state index in [2.05, 4.69) is 0 Å². The smallest absolute Gasteiger partial charge is 0.314 e. The van der Waals surface area contributed by atoms with Crippen LogP contribution >= 0.6 is 0 Å². The Morgan fingerprint density at radius 1 is 1.35 bits per heavy atom. The van der Waals surface area contributed by atoms with Crippen molar-refractivity contribution in [2.24, 2.45) is 5.92 Å². The van der Waals surface area contributed by atoms with Crippen molar-refractivity contribution in [3.8, 4) is 0 Å². The van der Waals surface area contributed by atoms with Gasteiger partial charge in [0.25, 0.3) is 0 Å². The predicted octanol–water partition coefficient (Wildman–Crippen LogP) is 1.97. The Labute approximate surface area is 101 Å². The number of hydrogen-bond donors (Lipinski definition) is 2. The van der Waals surface area contributed by atoms with Crippen LogP contribution < -0.4 is 0 Å². The van der Waals surface area contributed by atoms with Crippen LogP contribution in [0.2, 0.25) is 0 Å². The Morgan fingerprint density at radius 3 is 2.59 bits per heavy atom. The number of rotatable bonds is 3. The SMILES string of the molecule is CC(O)C(C)C1(C(=O)O)CCc2ccccc21. The van der Waals surface area contributed by atoms with Gasteiger partial charge in [0.15, 0.2) is 0 Å². The zero-order valence-electron chi connectivity index (χ0n) is 10.2. The van der Waals surface area contributed by atoms with E-state index < -0.39 is 17.5 Å². The number of hydrogen-bond acceptors (Lipinski definition) is 2. The molecular formula is C14H18O3. The van der Waals surface area contributed by atoms with Crippen LogP contribution in [0.25, 0.3) is 0 Å². The third-order valence-corrected chi connectivity index (χ3v) is 4.17. The zero-order valence-corrected chi connectivity index (χ0v) is 10.2. The first kappa shape index (κ1) is 12.1. The van der Waals surface area contributed by atoms with Crippen molar-refractivity contribution in [1.82, 2.24) is 0 Å². The van der Waals surface area contributed by atoms with Crippen LogP contribution in [0.1, 0.15) is 31.4 Å². The quantitative estimate of drug-likeness (QED) is 0.840. The Bertz CT molecular complexity index is 439. The molecule has 0 saturated carbocycles. The Kier molecular flexibility index (Phi) is 2.96. The van der Waals surface area contributed by atoms with Crippen LogP contribution in [-0.2, 0) is 16.6 Å². The minimum Gasteiger partial charge on any atom is -0.481 e. The lowest BCUT2D eigenvalue weighted by atomic mass is 9.70. The summed E-state index contributed by atoms with van der Waals surface area (Å²) in [6.07, 6.45) is 0.727. The van der Waals surface area contributed by atoms with Gasteiger partial charge in [-0.3, -0.25) is 4.79 Å². The van der Waals surface area contributed by atoms with Gasteiger partial charge in [0.1, 0.15) is 0 Å². The first-order valence-corrected chi connectivity index (χ1v) is 6.00. The number of fused-ring (bicyclic) bond motifs is 1. The van der Waals surface area contributed by atoms with Gasteiger partial charge in [0.05, 0.1) is 11.5 Å². The lowest BCUT2D eigenvalue weighted by molar-refractivity contribution is -0.148. The lowest BCUT2D eigenvalue weighted by Gasteiger charge is -2.34. The summed E-state index contributed by atoms with van der Waals surface area (Å²) in [5.41, 5.74) is 1.05. The molecular weight excluding hydrogens is 216 g/mol. The fourth-order valence-electron chi connectivity index (χ4n) is 2.94.